The maximum atomic E-state index is 13.4. The number of fused-ring (bicyclic) bond motifs is 1. The maximum Gasteiger partial charge on any atom is 0.420 e. The number of nitrogens with two attached hydrogens (primary N) is 1. The number of carbonyl (C=O) groups is 2. The fourth-order valence-electron chi connectivity index (χ4n) is 2.42. The van der Waals surface area contributed by atoms with Crippen LogP contribution in [0.5, 0.6) is 5.75 Å². The van der Waals surface area contributed by atoms with E-state index in [0.29, 0.717) is 0 Å². The molecule has 0 saturated heterocycles. The van der Waals surface area contributed by atoms with E-state index in [1.54, 1.807) is 0 Å². The van der Waals surface area contributed by atoms with Crippen LogP contribution in [-0.4, -0.2) is 37.4 Å². The predicted molar refractivity (Wildman–Crippen MR) is 81.7 cm³/mol. The highest BCUT2D eigenvalue weighted by atomic mass is 19.4. The number of methoxy groups -OCH3 is 1. The number of imide groups is 1. The molecular weight excluding hydrogens is 325 g/mol. The number of likely N-dealkylation sites (N-methyl/N-ethyl adjacent to an activating group) is 1. The third kappa shape index (κ3) is 3.05. The number of hydrogen-bond acceptors (Lipinski definition) is 4. The number of ether oxygens (including phenoxy) is 1. The van der Waals surface area contributed by atoms with E-state index in [1.807, 2.05) is 0 Å². The van der Waals surface area contributed by atoms with E-state index in [2.05, 4.69) is 0 Å². The zero-order valence-corrected chi connectivity index (χ0v) is 13.0. The van der Waals surface area contributed by atoms with E-state index < -0.39 is 23.6 Å². The Labute approximate surface area is 135 Å². The lowest BCUT2D eigenvalue weighted by molar-refractivity contribution is -0.137. The average molecular weight is 340 g/mol. The van der Waals surface area contributed by atoms with Gasteiger partial charge >= 0.3 is 6.18 Å². The van der Waals surface area contributed by atoms with Crippen LogP contribution < -0.4 is 10.5 Å². The van der Waals surface area contributed by atoms with Crippen molar-refractivity contribution in [3.05, 3.63) is 41.5 Å². The van der Waals surface area contributed by atoms with Crippen molar-refractivity contribution in [2.24, 2.45) is 5.73 Å². The zero-order valence-electron chi connectivity index (χ0n) is 13.0. The number of benzene rings is 2. The molecular formula is C16H15F3N2O3. The number of carbonyl (C=O) groups excluding carboxylic acids is 2. The number of nitrogens with zero attached hydrogens (tertiary/aromatic N) is 1. The Bertz CT molecular complexity index is 803. The molecule has 0 aromatic heterocycles. The van der Waals surface area contributed by atoms with Gasteiger partial charge in [-0.3, -0.25) is 14.5 Å². The van der Waals surface area contributed by atoms with Gasteiger partial charge in [0.15, 0.2) is 0 Å². The second-order valence-corrected chi connectivity index (χ2v) is 5.00. The van der Waals surface area contributed by atoms with Gasteiger partial charge in [0, 0.05) is 12.6 Å². The summed E-state index contributed by atoms with van der Waals surface area (Å²) >= 11 is 0. The van der Waals surface area contributed by atoms with Gasteiger partial charge in [0.05, 0.1) is 13.7 Å². The van der Waals surface area contributed by atoms with Gasteiger partial charge in [0.2, 0.25) is 5.91 Å². The van der Waals surface area contributed by atoms with Crippen molar-refractivity contribution in [2.45, 2.75) is 6.18 Å². The second kappa shape index (κ2) is 6.48. The smallest absolute Gasteiger partial charge is 0.420 e. The molecule has 0 aliphatic carbocycles. The number of hydrogen-bond donors (Lipinski definition) is 1. The minimum atomic E-state index is -4.66. The van der Waals surface area contributed by atoms with Crippen molar-refractivity contribution in [1.29, 1.82) is 0 Å². The highest BCUT2D eigenvalue weighted by Crippen LogP contribution is 2.41. The van der Waals surface area contributed by atoms with Gasteiger partial charge in [-0.05, 0) is 29.0 Å². The van der Waals surface area contributed by atoms with Crippen molar-refractivity contribution in [3.8, 4) is 5.75 Å². The summed E-state index contributed by atoms with van der Waals surface area (Å²) in [4.78, 5) is 24.8. The molecule has 0 fully saturated rings. The molecule has 0 unspecified atom stereocenters. The van der Waals surface area contributed by atoms with Crippen LogP contribution in [-0.2, 0) is 11.0 Å². The van der Waals surface area contributed by atoms with E-state index in [0.717, 1.165) is 18.1 Å². The quantitative estimate of drug-likeness (QED) is 0.931. The molecule has 8 heteroatoms. The zero-order chi connectivity index (χ0) is 18.1. The van der Waals surface area contributed by atoms with Crippen molar-refractivity contribution >= 4 is 22.6 Å². The van der Waals surface area contributed by atoms with E-state index in [-0.39, 0.29) is 28.6 Å². The first kappa shape index (κ1) is 17.7. The Hall–Kier alpha value is -2.61. The first-order valence-corrected chi connectivity index (χ1v) is 6.90. The molecule has 0 spiro atoms. The lowest BCUT2D eigenvalue weighted by Gasteiger charge is -2.18. The fraction of sp³-hybridized carbons (Fsp3) is 0.250. The Balaban J connectivity index is 2.72. The molecule has 0 aliphatic heterocycles. The summed E-state index contributed by atoms with van der Waals surface area (Å²) in [5.41, 5.74) is 4.22. The van der Waals surface area contributed by atoms with E-state index in [1.165, 1.54) is 31.3 Å². The largest absolute Gasteiger partial charge is 0.496 e. The van der Waals surface area contributed by atoms with Crippen LogP contribution in [0.1, 0.15) is 15.9 Å². The molecule has 5 nitrogen and oxygen atoms in total. The molecule has 24 heavy (non-hydrogen) atoms. The molecule has 0 radical (unpaired) electrons. The molecule has 0 atom stereocenters. The molecule has 2 rings (SSSR count). The Morgan fingerprint density at radius 3 is 2.38 bits per heavy atom. The summed E-state index contributed by atoms with van der Waals surface area (Å²) in [6, 6.07) is 6.44. The fourth-order valence-corrected chi connectivity index (χ4v) is 2.42. The summed E-state index contributed by atoms with van der Waals surface area (Å²) in [6.45, 7) is -0.380. The second-order valence-electron chi connectivity index (χ2n) is 5.00. The topological polar surface area (TPSA) is 72.6 Å². The SMILES string of the molecule is COc1ccc2c(C(=O)N(C)C(=O)CN)cccc2c1C(F)(F)F. The van der Waals surface area contributed by atoms with Crippen LogP contribution in [0.25, 0.3) is 10.8 Å². The predicted octanol–water partition coefficient (Wildman–Crippen LogP) is 2.42. The number of rotatable bonds is 3. The lowest BCUT2D eigenvalue weighted by atomic mass is 9.98. The van der Waals surface area contributed by atoms with Gasteiger partial charge < -0.3 is 10.5 Å². The Morgan fingerprint density at radius 1 is 1.17 bits per heavy atom. The summed E-state index contributed by atoms with van der Waals surface area (Å²) in [6.07, 6.45) is -4.66. The number of alkyl halides is 3. The van der Waals surface area contributed by atoms with Crippen molar-refractivity contribution in [3.63, 3.8) is 0 Å². The standard InChI is InChI=1S/C16H15F3N2O3/c1-21(13(22)8-20)15(23)11-5-3-4-10-9(11)6-7-12(24-2)14(10)16(17,18)19/h3-7H,8,20H2,1-2H3. The van der Waals surface area contributed by atoms with Crippen molar-refractivity contribution in [1.82, 2.24) is 4.90 Å². The summed E-state index contributed by atoms with van der Waals surface area (Å²) in [5, 5.41) is -0.103. The highest BCUT2D eigenvalue weighted by molar-refractivity contribution is 6.13. The lowest BCUT2D eigenvalue weighted by Crippen LogP contribution is -2.37. The molecule has 0 bridgehead atoms. The van der Waals surface area contributed by atoms with E-state index >= 15 is 0 Å². The molecule has 2 amide bonds. The minimum absolute atomic E-state index is 0.0232. The van der Waals surface area contributed by atoms with Gasteiger partial charge in [0.1, 0.15) is 11.3 Å². The van der Waals surface area contributed by atoms with Crippen LogP contribution >= 0.6 is 0 Å². The van der Waals surface area contributed by atoms with Crippen LogP contribution in [0.15, 0.2) is 30.3 Å². The third-order valence-corrected chi connectivity index (χ3v) is 3.61. The summed E-state index contributed by atoms with van der Waals surface area (Å²) < 4.78 is 45.0. The molecule has 0 saturated carbocycles. The van der Waals surface area contributed by atoms with Crippen LogP contribution in [0.4, 0.5) is 13.2 Å². The highest BCUT2D eigenvalue weighted by Gasteiger charge is 2.37. The Morgan fingerprint density at radius 2 is 1.83 bits per heavy atom. The van der Waals surface area contributed by atoms with Crippen molar-refractivity contribution < 1.29 is 27.5 Å². The normalized spacial score (nSPS) is 11.4. The summed E-state index contributed by atoms with van der Waals surface area (Å²) in [5.74, 6) is -1.71. The number of halogens is 3. The van der Waals surface area contributed by atoms with E-state index in [4.69, 9.17) is 10.5 Å². The van der Waals surface area contributed by atoms with Gasteiger partial charge in [-0.25, -0.2) is 0 Å². The monoisotopic (exact) mass is 340 g/mol. The average Bonchev–Trinajstić information content (AvgIpc) is 2.56. The summed E-state index contributed by atoms with van der Waals surface area (Å²) in [7, 11) is 2.36. The van der Waals surface area contributed by atoms with Crippen molar-refractivity contribution in [2.75, 3.05) is 20.7 Å². The van der Waals surface area contributed by atoms with Gasteiger partial charge in [-0.15, -0.1) is 0 Å². The Kier molecular flexibility index (Phi) is 4.79. The van der Waals surface area contributed by atoms with Crippen LogP contribution in [0.2, 0.25) is 0 Å². The minimum Gasteiger partial charge on any atom is -0.496 e. The molecule has 2 aromatic carbocycles. The van der Waals surface area contributed by atoms with Crippen LogP contribution in [0.3, 0.4) is 0 Å². The van der Waals surface area contributed by atoms with Crippen LogP contribution in [0, 0.1) is 0 Å². The molecule has 128 valence electrons. The van der Waals surface area contributed by atoms with Gasteiger partial charge in [-0.2, -0.15) is 13.2 Å². The molecule has 0 aliphatic rings. The first-order chi connectivity index (χ1) is 11.2. The molecule has 2 N–H and O–H groups in total. The first-order valence-electron chi connectivity index (χ1n) is 6.90. The maximum absolute atomic E-state index is 13.4. The molecule has 2 aromatic rings. The third-order valence-electron chi connectivity index (χ3n) is 3.61. The molecule has 0 heterocycles. The van der Waals surface area contributed by atoms with E-state index in [9.17, 15) is 22.8 Å². The van der Waals surface area contributed by atoms with Gasteiger partial charge in [-0.1, -0.05) is 12.1 Å². The number of amides is 2. The van der Waals surface area contributed by atoms with Gasteiger partial charge in [0.25, 0.3) is 5.91 Å².